The van der Waals surface area contributed by atoms with Gasteiger partial charge < -0.3 is 13.7 Å². The molecule has 0 aliphatic rings. The lowest BCUT2D eigenvalue weighted by molar-refractivity contribution is 0.670. The van der Waals surface area contributed by atoms with E-state index in [0.29, 0.717) is 0 Å². The van der Waals surface area contributed by atoms with Gasteiger partial charge in [0.2, 0.25) is 0 Å². The van der Waals surface area contributed by atoms with E-state index in [2.05, 4.69) is 169 Å². The van der Waals surface area contributed by atoms with Crippen LogP contribution in [0, 0.1) is 0 Å². The molecule has 2 heterocycles. The van der Waals surface area contributed by atoms with Crippen molar-refractivity contribution in [3.8, 4) is 22.3 Å². The van der Waals surface area contributed by atoms with Crippen molar-refractivity contribution >= 4 is 71.7 Å². The molecule has 0 amide bonds. The van der Waals surface area contributed by atoms with E-state index in [1.165, 1.54) is 16.5 Å². The Hall–Kier alpha value is -6.58. The van der Waals surface area contributed by atoms with Gasteiger partial charge in [0.25, 0.3) is 0 Å². The van der Waals surface area contributed by atoms with Gasteiger partial charge in [0.05, 0.1) is 0 Å². The first-order valence-corrected chi connectivity index (χ1v) is 16.6. The number of fused-ring (bicyclic) bond motifs is 8. The van der Waals surface area contributed by atoms with Crippen LogP contribution >= 0.6 is 0 Å². The molecule has 3 heteroatoms. The van der Waals surface area contributed by atoms with Crippen LogP contribution in [0.3, 0.4) is 0 Å². The van der Waals surface area contributed by atoms with Crippen molar-refractivity contribution in [2.45, 2.75) is 0 Å². The molecule has 0 aliphatic carbocycles. The van der Waals surface area contributed by atoms with Gasteiger partial charge in [0.15, 0.2) is 0 Å². The van der Waals surface area contributed by atoms with Gasteiger partial charge in [-0.25, -0.2) is 0 Å². The summed E-state index contributed by atoms with van der Waals surface area (Å²) in [6, 6.07) is 61.9. The normalized spacial score (nSPS) is 11.7. The third-order valence-corrected chi connectivity index (χ3v) is 9.64. The summed E-state index contributed by atoms with van der Waals surface area (Å²) < 4.78 is 13.2. The van der Waals surface area contributed by atoms with Crippen LogP contribution in [-0.2, 0) is 0 Å². The molecule has 0 unspecified atom stereocenters. The third kappa shape index (κ3) is 4.44. The number of rotatable bonds is 5. The van der Waals surface area contributed by atoms with Crippen LogP contribution < -0.4 is 4.90 Å². The van der Waals surface area contributed by atoms with Crippen molar-refractivity contribution in [1.82, 2.24) is 0 Å². The van der Waals surface area contributed by atoms with Crippen LogP contribution in [0.25, 0.3) is 76.9 Å². The van der Waals surface area contributed by atoms with Crippen molar-refractivity contribution in [2.75, 3.05) is 4.90 Å². The summed E-state index contributed by atoms with van der Waals surface area (Å²) >= 11 is 0. The minimum absolute atomic E-state index is 0.854. The fraction of sp³-hybridized carbons (Fsp3) is 0. The predicted octanol–water partition coefficient (Wildman–Crippen LogP) is 13.4. The lowest BCUT2D eigenvalue weighted by Gasteiger charge is -2.26. The molecule has 0 spiro atoms. The van der Waals surface area contributed by atoms with Crippen LogP contribution in [0.1, 0.15) is 0 Å². The van der Waals surface area contributed by atoms with Crippen molar-refractivity contribution < 1.29 is 8.83 Å². The molecule has 0 aliphatic heterocycles. The highest BCUT2D eigenvalue weighted by Gasteiger charge is 2.19. The number of benzene rings is 8. The van der Waals surface area contributed by atoms with Gasteiger partial charge >= 0.3 is 0 Å². The Morgan fingerprint density at radius 2 is 0.898 bits per heavy atom. The SMILES string of the molecule is c1ccc(-c2cc3c4ccc(N(c5ccccc5)c5cccc(-c6cccc7c6oc6ccccc67)c5)cc4oc3c3ccccc23)cc1. The second kappa shape index (κ2) is 11.0. The molecule has 49 heavy (non-hydrogen) atoms. The lowest BCUT2D eigenvalue weighted by atomic mass is 9.95. The fourth-order valence-corrected chi connectivity index (χ4v) is 7.39. The standard InChI is InChI=1S/C46H29NO2/c1-3-13-30(14-4-1)41-29-42-38-26-25-34(28-44(38)49-46(42)39-21-8-7-19-36(39)41)47(32-16-5-2-6-17-32)33-18-11-15-31(27-33)35-22-12-23-40-37-20-9-10-24-43(37)48-45(35)40/h1-29H. The van der Waals surface area contributed by atoms with E-state index in [1.54, 1.807) is 0 Å². The molecular weight excluding hydrogens is 599 g/mol. The molecule has 10 aromatic rings. The molecule has 0 bridgehead atoms. The number of nitrogens with zero attached hydrogens (tertiary/aromatic N) is 1. The van der Waals surface area contributed by atoms with E-state index in [0.717, 1.165) is 77.5 Å². The van der Waals surface area contributed by atoms with Crippen LogP contribution in [0.5, 0.6) is 0 Å². The van der Waals surface area contributed by atoms with Crippen molar-refractivity contribution in [1.29, 1.82) is 0 Å². The van der Waals surface area contributed by atoms with Gasteiger partial charge in [-0.2, -0.15) is 0 Å². The molecule has 0 saturated carbocycles. The van der Waals surface area contributed by atoms with E-state index in [-0.39, 0.29) is 0 Å². The van der Waals surface area contributed by atoms with E-state index >= 15 is 0 Å². The maximum atomic E-state index is 6.75. The summed E-state index contributed by atoms with van der Waals surface area (Å²) in [5.41, 5.74) is 11.2. The summed E-state index contributed by atoms with van der Waals surface area (Å²) in [4.78, 5) is 2.29. The summed E-state index contributed by atoms with van der Waals surface area (Å²) in [6.07, 6.45) is 0. The molecule has 10 rings (SSSR count). The maximum Gasteiger partial charge on any atom is 0.143 e. The predicted molar refractivity (Wildman–Crippen MR) is 204 cm³/mol. The first-order chi connectivity index (χ1) is 24.3. The Labute approximate surface area is 282 Å². The Bertz CT molecular complexity index is 2830. The van der Waals surface area contributed by atoms with Gasteiger partial charge in [-0.3, -0.25) is 0 Å². The highest BCUT2D eigenvalue weighted by Crippen LogP contribution is 2.44. The molecule has 2 aromatic heterocycles. The Morgan fingerprint density at radius 1 is 0.306 bits per heavy atom. The zero-order chi connectivity index (χ0) is 32.3. The third-order valence-electron chi connectivity index (χ3n) is 9.64. The van der Waals surface area contributed by atoms with Gasteiger partial charge in [0, 0.05) is 55.6 Å². The Morgan fingerprint density at radius 3 is 1.76 bits per heavy atom. The average Bonchev–Trinajstić information content (AvgIpc) is 3.74. The van der Waals surface area contributed by atoms with Crippen LogP contribution in [0.15, 0.2) is 185 Å². The monoisotopic (exact) mass is 627 g/mol. The van der Waals surface area contributed by atoms with E-state index < -0.39 is 0 Å². The minimum Gasteiger partial charge on any atom is -0.455 e. The topological polar surface area (TPSA) is 29.5 Å². The molecule has 0 N–H and O–H groups in total. The fourth-order valence-electron chi connectivity index (χ4n) is 7.39. The molecule has 0 fully saturated rings. The maximum absolute atomic E-state index is 6.75. The van der Waals surface area contributed by atoms with Crippen LogP contribution in [0.2, 0.25) is 0 Å². The molecule has 0 saturated heterocycles. The van der Waals surface area contributed by atoms with Gasteiger partial charge in [-0.15, -0.1) is 0 Å². The molecule has 0 radical (unpaired) electrons. The molecule has 230 valence electrons. The first-order valence-electron chi connectivity index (χ1n) is 16.6. The molecular formula is C46H29NO2. The zero-order valence-electron chi connectivity index (χ0n) is 26.5. The summed E-state index contributed by atoms with van der Waals surface area (Å²) in [6.45, 7) is 0. The van der Waals surface area contributed by atoms with E-state index in [1.807, 2.05) is 12.1 Å². The second-order valence-electron chi connectivity index (χ2n) is 12.5. The highest BCUT2D eigenvalue weighted by molar-refractivity contribution is 6.19. The van der Waals surface area contributed by atoms with E-state index in [4.69, 9.17) is 8.83 Å². The van der Waals surface area contributed by atoms with Gasteiger partial charge in [-0.1, -0.05) is 121 Å². The molecule has 0 atom stereocenters. The Kier molecular flexibility index (Phi) is 6.18. The summed E-state index contributed by atoms with van der Waals surface area (Å²) in [5.74, 6) is 0. The van der Waals surface area contributed by atoms with Crippen molar-refractivity contribution in [2.24, 2.45) is 0 Å². The highest BCUT2D eigenvalue weighted by atomic mass is 16.3. The summed E-state index contributed by atoms with van der Waals surface area (Å²) in [5, 5.41) is 6.76. The molecule has 3 nitrogen and oxygen atoms in total. The molecule has 8 aromatic carbocycles. The van der Waals surface area contributed by atoms with Crippen LogP contribution in [0.4, 0.5) is 17.1 Å². The van der Waals surface area contributed by atoms with E-state index in [9.17, 15) is 0 Å². The number of para-hydroxylation sites is 3. The van der Waals surface area contributed by atoms with Crippen molar-refractivity contribution in [3.05, 3.63) is 176 Å². The lowest BCUT2D eigenvalue weighted by Crippen LogP contribution is -2.09. The first kappa shape index (κ1) is 27.5. The van der Waals surface area contributed by atoms with Gasteiger partial charge in [0.1, 0.15) is 22.3 Å². The minimum atomic E-state index is 0.854. The zero-order valence-corrected chi connectivity index (χ0v) is 26.5. The van der Waals surface area contributed by atoms with Crippen LogP contribution in [-0.4, -0.2) is 0 Å². The second-order valence-corrected chi connectivity index (χ2v) is 12.5. The largest absolute Gasteiger partial charge is 0.455 e. The number of furan rings is 2. The number of hydrogen-bond acceptors (Lipinski definition) is 3. The quantitative estimate of drug-likeness (QED) is 0.190. The Balaban J connectivity index is 1.15. The average molecular weight is 628 g/mol. The van der Waals surface area contributed by atoms with Gasteiger partial charge in [-0.05, 0) is 70.6 Å². The number of hydrogen-bond donors (Lipinski definition) is 0. The smallest absolute Gasteiger partial charge is 0.143 e. The summed E-state index contributed by atoms with van der Waals surface area (Å²) in [7, 11) is 0. The number of anilines is 3. The van der Waals surface area contributed by atoms with Crippen molar-refractivity contribution in [3.63, 3.8) is 0 Å².